The van der Waals surface area contributed by atoms with E-state index < -0.39 is 24.3 Å². The van der Waals surface area contributed by atoms with E-state index in [2.05, 4.69) is 20.9 Å². The van der Waals surface area contributed by atoms with E-state index in [0.29, 0.717) is 10.1 Å². The van der Waals surface area contributed by atoms with Gasteiger partial charge >= 0.3 is 7.12 Å². The molecule has 0 unspecified atom stereocenters. The van der Waals surface area contributed by atoms with Crippen LogP contribution in [0.25, 0.3) is 0 Å². The molecule has 3 nitrogen and oxygen atoms in total. The van der Waals surface area contributed by atoms with E-state index in [1.54, 1.807) is 6.07 Å². The van der Waals surface area contributed by atoms with Gasteiger partial charge in [0.2, 0.25) is 5.95 Å². The molecule has 2 rings (SSSR count). The van der Waals surface area contributed by atoms with Gasteiger partial charge in [0.15, 0.2) is 0 Å². The third-order valence-corrected chi connectivity index (χ3v) is 3.99. The van der Waals surface area contributed by atoms with Crippen LogP contribution in [-0.4, -0.2) is 23.3 Å². The first-order valence-electron chi connectivity index (χ1n) is 5.40. The van der Waals surface area contributed by atoms with Gasteiger partial charge in [-0.1, -0.05) is 0 Å². The highest BCUT2D eigenvalue weighted by Crippen LogP contribution is 2.36. The summed E-state index contributed by atoms with van der Waals surface area (Å²) in [7, 11) is -0.648. The number of hydrogen-bond acceptors (Lipinski definition) is 3. The van der Waals surface area contributed by atoms with Crippen LogP contribution in [0.1, 0.15) is 27.7 Å². The Kier molecular flexibility index (Phi) is 3.08. The van der Waals surface area contributed by atoms with Gasteiger partial charge in [0.1, 0.15) is 0 Å². The van der Waals surface area contributed by atoms with Crippen LogP contribution >= 0.6 is 15.9 Å². The number of hydrogen-bond donors (Lipinski definition) is 0. The van der Waals surface area contributed by atoms with Crippen LogP contribution in [-0.2, 0) is 9.31 Å². The summed E-state index contributed by atoms with van der Waals surface area (Å²) in [6, 6.07) is 2.89. The van der Waals surface area contributed by atoms with Crippen molar-refractivity contribution in [2.45, 2.75) is 38.9 Å². The SMILES string of the molecule is CC1(C)OB(c2nc(F)ccc2Br)OC1(C)C. The minimum atomic E-state index is -0.648. The molecule has 1 aliphatic heterocycles. The Bertz CT molecular complexity index is 437. The van der Waals surface area contributed by atoms with Crippen LogP contribution < -0.4 is 5.59 Å². The third-order valence-electron chi connectivity index (χ3n) is 3.32. The first kappa shape index (κ1) is 13.0. The summed E-state index contributed by atoms with van der Waals surface area (Å²) in [6.07, 6.45) is 0. The van der Waals surface area contributed by atoms with Gasteiger partial charge in [-0.2, -0.15) is 4.39 Å². The van der Waals surface area contributed by atoms with E-state index in [1.807, 2.05) is 27.7 Å². The molecule has 1 aromatic rings. The molecule has 0 atom stereocenters. The number of aromatic nitrogens is 1. The molecule has 1 saturated heterocycles. The predicted molar refractivity (Wildman–Crippen MR) is 67.6 cm³/mol. The Morgan fingerprint density at radius 1 is 1.18 bits per heavy atom. The van der Waals surface area contributed by atoms with Gasteiger partial charge in [-0.25, -0.2) is 4.98 Å². The van der Waals surface area contributed by atoms with Crippen LogP contribution in [0.2, 0.25) is 0 Å². The van der Waals surface area contributed by atoms with Crippen molar-refractivity contribution in [3.05, 3.63) is 22.6 Å². The third kappa shape index (κ3) is 2.26. The molecular weight excluding hydrogens is 288 g/mol. The van der Waals surface area contributed by atoms with Crippen LogP contribution in [0.3, 0.4) is 0 Å². The smallest absolute Gasteiger partial charge is 0.398 e. The molecule has 17 heavy (non-hydrogen) atoms. The highest BCUT2D eigenvalue weighted by Gasteiger charge is 2.52. The molecule has 0 radical (unpaired) electrons. The van der Waals surface area contributed by atoms with Crippen molar-refractivity contribution in [3.8, 4) is 0 Å². The second-order valence-electron chi connectivity index (χ2n) is 5.09. The summed E-state index contributed by atoms with van der Waals surface area (Å²) in [5, 5.41) is 0. The fourth-order valence-corrected chi connectivity index (χ4v) is 1.96. The zero-order chi connectivity index (χ0) is 12.8. The molecule has 1 aliphatic rings. The number of pyridine rings is 1. The fourth-order valence-electron chi connectivity index (χ4n) is 1.55. The van der Waals surface area contributed by atoms with Gasteiger partial charge in [-0.15, -0.1) is 0 Å². The van der Waals surface area contributed by atoms with Crippen molar-refractivity contribution >= 4 is 28.6 Å². The molecule has 0 N–H and O–H groups in total. The molecule has 1 fully saturated rings. The van der Waals surface area contributed by atoms with E-state index in [0.717, 1.165) is 0 Å². The number of rotatable bonds is 1. The fraction of sp³-hybridized carbons (Fsp3) is 0.545. The van der Waals surface area contributed by atoms with Crippen molar-refractivity contribution in [1.29, 1.82) is 0 Å². The van der Waals surface area contributed by atoms with Crippen LogP contribution in [0.15, 0.2) is 16.6 Å². The minimum absolute atomic E-state index is 0.434. The standard InChI is InChI=1S/C11H14BBrFNO2/c1-10(2)11(3,4)17-12(16-10)9-7(13)5-6-8(14)15-9/h5-6H,1-4H3. The topological polar surface area (TPSA) is 31.4 Å². The van der Waals surface area contributed by atoms with Crippen molar-refractivity contribution in [3.63, 3.8) is 0 Å². The molecule has 6 heteroatoms. The van der Waals surface area contributed by atoms with Crippen molar-refractivity contribution < 1.29 is 13.7 Å². The number of halogens is 2. The lowest BCUT2D eigenvalue weighted by Gasteiger charge is -2.32. The van der Waals surface area contributed by atoms with Gasteiger partial charge in [0, 0.05) is 4.47 Å². The summed E-state index contributed by atoms with van der Waals surface area (Å²) in [5.41, 5.74) is -0.473. The maximum atomic E-state index is 13.1. The molecule has 0 bridgehead atoms. The minimum Gasteiger partial charge on any atom is -0.398 e. The number of nitrogens with zero attached hydrogens (tertiary/aromatic N) is 1. The summed E-state index contributed by atoms with van der Waals surface area (Å²) in [4.78, 5) is 3.82. The molecule has 0 aliphatic carbocycles. The van der Waals surface area contributed by atoms with Crippen molar-refractivity contribution in [1.82, 2.24) is 4.98 Å². The predicted octanol–water partition coefficient (Wildman–Crippen LogP) is 2.28. The van der Waals surface area contributed by atoms with Crippen molar-refractivity contribution in [2.24, 2.45) is 0 Å². The maximum absolute atomic E-state index is 13.1. The van der Waals surface area contributed by atoms with Gasteiger partial charge in [0.25, 0.3) is 0 Å². The van der Waals surface area contributed by atoms with E-state index >= 15 is 0 Å². The average molecular weight is 302 g/mol. The first-order valence-corrected chi connectivity index (χ1v) is 6.20. The van der Waals surface area contributed by atoms with Gasteiger partial charge in [-0.3, -0.25) is 0 Å². The summed E-state index contributed by atoms with van der Waals surface area (Å²) in [6.45, 7) is 7.78. The second-order valence-corrected chi connectivity index (χ2v) is 5.94. The average Bonchev–Trinajstić information content (AvgIpc) is 2.40. The Labute approximate surface area is 109 Å². The molecule has 2 heterocycles. The normalized spacial score (nSPS) is 21.9. The largest absolute Gasteiger partial charge is 0.515 e. The zero-order valence-electron chi connectivity index (χ0n) is 10.3. The second kappa shape index (κ2) is 4.04. The maximum Gasteiger partial charge on any atom is 0.515 e. The van der Waals surface area contributed by atoms with Crippen molar-refractivity contribution in [2.75, 3.05) is 0 Å². The Morgan fingerprint density at radius 3 is 2.24 bits per heavy atom. The lowest BCUT2D eigenvalue weighted by atomic mass is 9.84. The summed E-state index contributed by atoms with van der Waals surface area (Å²) < 4.78 is 25.4. The Morgan fingerprint density at radius 2 is 1.71 bits per heavy atom. The zero-order valence-corrected chi connectivity index (χ0v) is 11.8. The van der Waals surface area contributed by atoms with Crippen LogP contribution in [0.4, 0.5) is 4.39 Å². The van der Waals surface area contributed by atoms with E-state index in [1.165, 1.54) is 6.07 Å². The monoisotopic (exact) mass is 301 g/mol. The van der Waals surface area contributed by atoms with Gasteiger partial charge in [-0.05, 0) is 55.8 Å². The highest BCUT2D eigenvalue weighted by molar-refractivity contribution is 9.10. The molecule has 1 aromatic heterocycles. The summed E-state index contributed by atoms with van der Waals surface area (Å²) >= 11 is 3.33. The lowest BCUT2D eigenvalue weighted by Crippen LogP contribution is -2.41. The molecule has 92 valence electrons. The van der Waals surface area contributed by atoms with E-state index in [9.17, 15) is 4.39 Å². The van der Waals surface area contributed by atoms with Gasteiger partial charge < -0.3 is 9.31 Å². The highest BCUT2D eigenvalue weighted by atomic mass is 79.9. The summed E-state index contributed by atoms with van der Waals surface area (Å²) in [5.74, 6) is -0.544. The molecule has 0 aromatic carbocycles. The lowest BCUT2D eigenvalue weighted by molar-refractivity contribution is 0.00578. The first-order chi connectivity index (χ1) is 7.73. The Balaban J connectivity index is 2.35. The van der Waals surface area contributed by atoms with Crippen LogP contribution in [0, 0.1) is 5.95 Å². The van der Waals surface area contributed by atoms with E-state index in [4.69, 9.17) is 9.31 Å². The van der Waals surface area contributed by atoms with Gasteiger partial charge in [0.05, 0.1) is 16.8 Å². The van der Waals surface area contributed by atoms with E-state index in [-0.39, 0.29) is 0 Å². The molecule has 0 amide bonds. The van der Waals surface area contributed by atoms with Crippen LogP contribution in [0.5, 0.6) is 0 Å². The molecule has 0 spiro atoms. The molecular formula is C11H14BBrFNO2. The Hall–Kier alpha value is -0.455. The quantitative estimate of drug-likeness (QED) is 0.589. The molecule has 0 saturated carbocycles.